The lowest BCUT2D eigenvalue weighted by molar-refractivity contribution is -0.180. The maximum absolute atomic E-state index is 14.0. The van der Waals surface area contributed by atoms with Crippen molar-refractivity contribution in [2.75, 3.05) is 33.6 Å². The minimum Gasteiger partial charge on any atom is -0.497 e. The third-order valence-electron chi connectivity index (χ3n) is 9.43. The second-order valence-electron chi connectivity index (χ2n) is 13.1. The van der Waals surface area contributed by atoms with Crippen molar-refractivity contribution in [2.45, 2.75) is 114 Å². The molecule has 0 amide bonds. The Morgan fingerprint density at radius 1 is 1.09 bits per heavy atom. The zero-order valence-corrected chi connectivity index (χ0v) is 26.0. The van der Waals surface area contributed by atoms with Crippen molar-refractivity contribution in [3.05, 3.63) is 35.1 Å². The maximum Gasteiger partial charge on any atom is 0.339 e. The van der Waals surface area contributed by atoms with Crippen molar-refractivity contribution in [2.24, 2.45) is 0 Å². The Morgan fingerprint density at radius 2 is 1.86 bits per heavy atom. The Balaban J connectivity index is 1.43. The van der Waals surface area contributed by atoms with Crippen molar-refractivity contribution in [1.82, 2.24) is 4.90 Å². The average Bonchev–Trinajstić information content (AvgIpc) is 3.65. The standard InChI is InChI=1S/C33H47NO9/c1-5-6-7-8-16-40-27(35)20-33(38,13-12-31(2,3)37)30(36)43-29-26(39-4)19-32-11-9-14-34(32)15-10-22-17-24-25(42-21-41-24)18-23(22)28(29)32/h17-19,28-29,37-38H,5-16,20-21H2,1-4H3/t28-,29?,32?,33-/m1/s1. The predicted molar refractivity (Wildman–Crippen MR) is 158 cm³/mol. The number of carbonyl (C=O) groups excluding carboxylic acids is 2. The Hall–Kier alpha value is -2.82. The predicted octanol–water partition coefficient (Wildman–Crippen LogP) is 4.14. The molecule has 43 heavy (non-hydrogen) atoms. The first-order valence-corrected chi connectivity index (χ1v) is 15.8. The quantitative estimate of drug-likeness (QED) is 0.252. The lowest BCUT2D eigenvalue weighted by atomic mass is 9.77. The third-order valence-corrected chi connectivity index (χ3v) is 9.43. The van der Waals surface area contributed by atoms with E-state index in [9.17, 15) is 19.8 Å². The molecule has 2 N–H and O–H groups in total. The number of methoxy groups -OCH3 is 1. The van der Waals surface area contributed by atoms with E-state index in [0.717, 1.165) is 62.7 Å². The second kappa shape index (κ2) is 12.7. The highest BCUT2D eigenvalue weighted by molar-refractivity contribution is 5.86. The monoisotopic (exact) mass is 601 g/mol. The van der Waals surface area contributed by atoms with Gasteiger partial charge in [-0.3, -0.25) is 9.69 Å². The largest absolute Gasteiger partial charge is 0.497 e. The molecule has 3 heterocycles. The van der Waals surface area contributed by atoms with Gasteiger partial charge in [0.1, 0.15) is 5.76 Å². The summed E-state index contributed by atoms with van der Waals surface area (Å²) in [4.78, 5) is 29.3. The van der Waals surface area contributed by atoms with Crippen LogP contribution in [0.25, 0.3) is 0 Å². The van der Waals surface area contributed by atoms with Gasteiger partial charge in [-0.15, -0.1) is 0 Å². The van der Waals surface area contributed by atoms with E-state index < -0.39 is 41.2 Å². The number of fused-ring (bicyclic) bond motifs is 3. The molecule has 0 aromatic heterocycles. The van der Waals surface area contributed by atoms with Gasteiger partial charge in [0.25, 0.3) is 0 Å². The summed E-state index contributed by atoms with van der Waals surface area (Å²) in [6.07, 6.45) is 7.00. The van der Waals surface area contributed by atoms with E-state index in [2.05, 4.69) is 17.9 Å². The topological polar surface area (TPSA) is 124 Å². The number of carbonyl (C=O) groups is 2. The van der Waals surface area contributed by atoms with Crippen LogP contribution in [-0.4, -0.2) is 83.5 Å². The van der Waals surface area contributed by atoms with Crippen LogP contribution in [0.4, 0.5) is 0 Å². The summed E-state index contributed by atoms with van der Waals surface area (Å²) in [7, 11) is 1.56. The summed E-state index contributed by atoms with van der Waals surface area (Å²) in [5.74, 6) is -0.0495. The number of unbranched alkanes of at least 4 members (excludes halogenated alkanes) is 3. The Kier molecular flexibility index (Phi) is 9.30. The van der Waals surface area contributed by atoms with Crippen molar-refractivity contribution in [3.8, 4) is 11.5 Å². The summed E-state index contributed by atoms with van der Waals surface area (Å²) >= 11 is 0. The molecule has 10 nitrogen and oxygen atoms in total. The highest BCUT2D eigenvalue weighted by atomic mass is 16.7. The van der Waals surface area contributed by atoms with Gasteiger partial charge in [-0.2, -0.15) is 0 Å². The number of hydrogen-bond donors (Lipinski definition) is 2. The molecule has 1 fully saturated rings. The average molecular weight is 602 g/mol. The van der Waals surface area contributed by atoms with Crippen molar-refractivity contribution in [1.29, 1.82) is 0 Å². The fourth-order valence-electron chi connectivity index (χ4n) is 7.10. The molecular weight excluding hydrogens is 554 g/mol. The van der Waals surface area contributed by atoms with Crippen molar-refractivity contribution >= 4 is 11.9 Å². The summed E-state index contributed by atoms with van der Waals surface area (Å²) in [6.45, 7) is 7.41. The first kappa shape index (κ1) is 31.6. The fourth-order valence-corrected chi connectivity index (χ4v) is 7.10. The number of nitrogens with zero attached hydrogens (tertiary/aromatic N) is 1. The molecule has 1 saturated heterocycles. The van der Waals surface area contributed by atoms with E-state index in [4.69, 9.17) is 23.7 Å². The normalized spacial score (nSPS) is 25.6. The van der Waals surface area contributed by atoms with Gasteiger partial charge < -0.3 is 33.9 Å². The molecule has 1 spiro atoms. The van der Waals surface area contributed by atoms with Crippen LogP contribution in [0.15, 0.2) is 24.0 Å². The fraction of sp³-hybridized carbons (Fsp3) is 0.697. The highest BCUT2D eigenvalue weighted by Gasteiger charge is 2.59. The van der Waals surface area contributed by atoms with E-state index in [-0.39, 0.29) is 32.2 Å². The van der Waals surface area contributed by atoms with Crippen LogP contribution in [0.1, 0.15) is 95.6 Å². The molecule has 4 aliphatic rings. The number of ether oxygens (including phenoxy) is 5. The number of hydrogen-bond acceptors (Lipinski definition) is 10. The van der Waals surface area contributed by atoms with Crippen LogP contribution < -0.4 is 9.47 Å². The summed E-state index contributed by atoms with van der Waals surface area (Å²) in [6, 6.07) is 4.02. The highest BCUT2D eigenvalue weighted by Crippen LogP contribution is 2.55. The molecule has 0 bridgehead atoms. The van der Waals surface area contributed by atoms with E-state index >= 15 is 0 Å². The summed E-state index contributed by atoms with van der Waals surface area (Å²) < 4.78 is 28.9. The van der Waals surface area contributed by atoms with Gasteiger partial charge in [0.2, 0.25) is 6.79 Å². The van der Waals surface area contributed by atoms with Gasteiger partial charge in [0.15, 0.2) is 23.2 Å². The maximum atomic E-state index is 14.0. The minimum absolute atomic E-state index is 0.0769. The molecule has 5 rings (SSSR count). The second-order valence-corrected chi connectivity index (χ2v) is 13.1. The van der Waals surface area contributed by atoms with Gasteiger partial charge in [0, 0.05) is 6.54 Å². The molecule has 1 aliphatic carbocycles. The van der Waals surface area contributed by atoms with Crippen molar-refractivity contribution < 1.29 is 43.5 Å². The van der Waals surface area contributed by atoms with Gasteiger partial charge in [0.05, 0.1) is 37.2 Å². The zero-order valence-electron chi connectivity index (χ0n) is 26.0. The molecule has 10 heteroatoms. The van der Waals surface area contributed by atoms with Gasteiger partial charge in [-0.05, 0) is 88.3 Å². The van der Waals surface area contributed by atoms with E-state index in [1.54, 1.807) is 21.0 Å². The first-order chi connectivity index (χ1) is 20.5. The number of esters is 2. The third kappa shape index (κ3) is 6.51. The molecular formula is C33H47NO9. The minimum atomic E-state index is -2.19. The lowest BCUT2D eigenvalue weighted by Gasteiger charge is -2.39. The SMILES string of the molecule is CCCCCCOC(=O)C[C@](O)(CCC(C)(C)O)C(=O)OC1C(OC)=CC23CCCN2CCc2cc4c(cc2[C@H]13)OCO4. The van der Waals surface area contributed by atoms with Gasteiger partial charge in [-0.25, -0.2) is 4.79 Å². The summed E-state index contributed by atoms with van der Waals surface area (Å²) in [5, 5.41) is 22.2. The Bertz CT molecular complexity index is 1220. The summed E-state index contributed by atoms with van der Waals surface area (Å²) in [5.41, 5.74) is -1.69. The van der Waals surface area contributed by atoms with E-state index in [1.165, 1.54) is 0 Å². The van der Waals surface area contributed by atoms with Crippen molar-refractivity contribution in [3.63, 3.8) is 0 Å². The number of rotatable bonds is 13. The lowest BCUT2D eigenvalue weighted by Crippen LogP contribution is -2.49. The molecule has 3 aliphatic heterocycles. The zero-order chi connectivity index (χ0) is 30.8. The van der Waals surface area contributed by atoms with Crippen LogP contribution in [0.5, 0.6) is 11.5 Å². The van der Waals surface area contributed by atoms with Crippen LogP contribution >= 0.6 is 0 Å². The molecule has 0 saturated carbocycles. The molecule has 238 valence electrons. The Labute approximate surface area is 254 Å². The van der Waals surface area contributed by atoms with Crippen LogP contribution in [0.3, 0.4) is 0 Å². The van der Waals surface area contributed by atoms with Crippen LogP contribution in [0.2, 0.25) is 0 Å². The Morgan fingerprint density at radius 3 is 2.58 bits per heavy atom. The van der Waals surface area contributed by atoms with Crippen LogP contribution in [0, 0.1) is 0 Å². The van der Waals surface area contributed by atoms with Gasteiger partial charge >= 0.3 is 11.9 Å². The van der Waals surface area contributed by atoms with Gasteiger partial charge in [-0.1, -0.05) is 26.2 Å². The number of aliphatic hydroxyl groups is 2. The molecule has 4 atom stereocenters. The van der Waals surface area contributed by atoms with E-state index in [0.29, 0.717) is 23.7 Å². The molecule has 0 radical (unpaired) electrons. The van der Waals surface area contributed by atoms with E-state index in [1.807, 2.05) is 12.1 Å². The number of benzene rings is 1. The first-order valence-electron chi connectivity index (χ1n) is 15.8. The molecule has 2 unspecified atom stereocenters. The molecule has 1 aromatic carbocycles. The van der Waals surface area contributed by atoms with Crippen LogP contribution in [-0.2, 0) is 30.2 Å². The molecule has 1 aromatic rings. The smallest absolute Gasteiger partial charge is 0.339 e.